The van der Waals surface area contributed by atoms with E-state index in [1.807, 2.05) is 13.0 Å². The maximum absolute atomic E-state index is 5.61. The normalized spacial score (nSPS) is 13.2. The van der Waals surface area contributed by atoms with Gasteiger partial charge in [-0.2, -0.15) is 4.98 Å². The molecule has 1 aliphatic heterocycles. The SMILES string of the molecule is COc1c(C)cc2c(c1-c1noc(CN)n1)CCO2. The third-order valence-corrected chi connectivity index (χ3v) is 3.21. The van der Waals surface area contributed by atoms with Crippen LogP contribution in [0.3, 0.4) is 0 Å². The van der Waals surface area contributed by atoms with E-state index in [2.05, 4.69) is 10.1 Å². The number of rotatable bonds is 3. The summed E-state index contributed by atoms with van der Waals surface area (Å²) >= 11 is 0. The Bertz CT molecular complexity index is 618. The van der Waals surface area contributed by atoms with Crippen molar-refractivity contribution in [2.45, 2.75) is 19.9 Å². The molecule has 1 aromatic heterocycles. The van der Waals surface area contributed by atoms with E-state index in [4.69, 9.17) is 19.7 Å². The van der Waals surface area contributed by atoms with Crippen LogP contribution in [0.15, 0.2) is 10.6 Å². The summed E-state index contributed by atoms with van der Waals surface area (Å²) in [5.74, 6) is 2.54. The maximum Gasteiger partial charge on any atom is 0.240 e. The van der Waals surface area contributed by atoms with Crippen LogP contribution in [0, 0.1) is 6.92 Å². The molecule has 0 spiro atoms. The van der Waals surface area contributed by atoms with E-state index >= 15 is 0 Å². The first-order valence-corrected chi connectivity index (χ1v) is 6.11. The van der Waals surface area contributed by atoms with Crippen molar-refractivity contribution in [3.63, 3.8) is 0 Å². The van der Waals surface area contributed by atoms with Crippen LogP contribution in [-0.2, 0) is 13.0 Å². The number of hydrogen-bond donors (Lipinski definition) is 1. The number of aromatic nitrogens is 2. The molecule has 3 rings (SSSR count). The van der Waals surface area contributed by atoms with Crippen LogP contribution in [0.2, 0.25) is 0 Å². The van der Waals surface area contributed by atoms with E-state index in [0.29, 0.717) is 18.3 Å². The van der Waals surface area contributed by atoms with E-state index in [-0.39, 0.29) is 6.54 Å². The molecule has 2 aromatic rings. The summed E-state index contributed by atoms with van der Waals surface area (Å²) in [4.78, 5) is 4.29. The predicted molar refractivity (Wildman–Crippen MR) is 68.1 cm³/mol. The molecule has 2 N–H and O–H groups in total. The number of methoxy groups -OCH3 is 1. The first-order chi connectivity index (χ1) is 9.24. The second-order valence-electron chi connectivity index (χ2n) is 4.39. The molecule has 0 saturated carbocycles. The molecule has 2 heterocycles. The van der Waals surface area contributed by atoms with E-state index in [1.165, 1.54) is 0 Å². The van der Waals surface area contributed by atoms with E-state index < -0.39 is 0 Å². The lowest BCUT2D eigenvalue weighted by molar-refractivity contribution is 0.356. The standard InChI is InChI=1S/C13H15N3O3/c1-7-5-9-8(3-4-18-9)11(12(7)17-2)13-15-10(6-14)19-16-13/h5H,3-4,6,14H2,1-2H3. The zero-order chi connectivity index (χ0) is 13.4. The highest BCUT2D eigenvalue weighted by atomic mass is 16.5. The summed E-state index contributed by atoms with van der Waals surface area (Å²) < 4.78 is 16.2. The number of benzene rings is 1. The summed E-state index contributed by atoms with van der Waals surface area (Å²) in [5.41, 5.74) is 8.39. The van der Waals surface area contributed by atoms with Gasteiger partial charge in [0.15, 0.2) is 0 Å². The molecule has 0 amide bonds. The van der Waals surface area contributed by atoms with Gasteiger partial charge in [0.1, 0.15) is 11.5 Å². The predicted octanol–water partition coefficient (Wildman–Crippen LogP) is 1.45. The topological polar surface area (TPSA) is 83.4 Å². The lowest BCUT2D eigenvalue weighted by Crippen LogP contribution is -1.98. The highest BCUT2D eigenvalue weighted by Gasteiger charge is 2.26. The lowest BCUT2D eigenvalue weighted by atomic mass is 10.00. The molecule has 6 nitrogen and oxygen atoms in total. The molecule has 0 radical (unpaired) electrons. The summed E-state index contributed by atoms with van der Waals surface area (Å²) in [5, 5.41) is 3.98. The monoisotopic (exact) mass is 261 g/mol. The minimum absolute atomic E-state index is 0.222. The Labute approximate surface area is 110 Å². The quantitative estimate of drug-likeness (QED) is 0.900. The van der Waals surface area contributed by atoms with Crippen LogP contribution in [-0.4, -0.2) is 23.9 Å². The van der Waals surface area contributed by atoms with Crippen molar-refractivity contribution in [3.8, 4) is 22.9 Å². The third kappa shape index (κ3) is 1.84. The van der Waals surface area contributed by atoms with Crippen molar-refractivity contribution in [2.24, 2.45) is 5.73 Å². The molecule has 0 saturated heterocycles. The van der Waals surface area contributed by atoms with Crippen molar-refractivity contribution in [1.29, 1.82) is 0 Å². The fourth-order valence-corrected chi connectivity index (χ4v) is 2.39. The average molecular weight is 261 g/mol. The lowest BCUT2D eigenvalue weighted by Gasteiger charge is -2.12. The largest absolute Gasteiger partial charge is 0.496 e. The molecule has 19 heavy (non-hydrogen) atoms. The zero-order valence-corrected chi connectivity index (χ0v) is 10.9. The van der Waals surface area contributed by atoms with Crippen LogP contribution < -0.4 is 15.2 Å². The average Bonchev–Trinajstić information content (AvgIpc) is 3.05. The Hall–Kier alpha value is -2.08. The van der Waals surface area contributed by atoms with E-state index in [1.54, 1.807) is 7.11 Å². The van der Waals surface area contributed by atoms with Crippen molar-refractivity contribution in [1.82, 2.24) is 10.1 Å². The molecule has 100 valence electrons. The molecule has 0 atom stereocenters. The number of hydrogen-bond acceptors (Lipinski definition) is 6. The molecule has 6 heteroatoms. The van der Waals surface area contributed by atoms with Gasteiger partial charge in [-0.15, -0.1) is 0 Å². The first kappa shape index (κ1) is 12.0. The molecular formula is C13H15N3O3. The number of nitrogens with zero attached hydrogens (tertiary/aromatic N) is 2. The van der Waals surface area contributed by atoms with Gasteiger partial charge in [-0.05, 0) is 18.6 Å². The minimum atomic E-state index is 0.222. The fraction of sp³-hybridized carbons (Fsp3) is 0.385. The Kier molecular flexibility index (Phi) is 2.87. The Morgan fingerprint density at radius 1 is 1.47 bits per heavy atom. The summed E-state index contributed by atoms with van der Waals surface area (Å²) in [6.07, 6.45) is 0.813. The number of aryl methyl sites for hydroxylation is 1. The van der Waals surface area contributed by atoms with Crippen LogP contribution >= 0.6 is 0 Å². The zero-order valence-electron chi connectivity index (χ0n) is 10.9. The highest BCUT2D eigenvalue weighted by molar-refractivity contribution is 5.74. The number of fused-ring (bicyclic) bond motifs is 1. The van der Waals surface area contributed by atoms with Gasteiger partial charge in [0, 0.05) is 12.0 Å². The second-order valence-corrected chi connectivity index (χ2v) is 4.39. The van der Waals surface area contributed by atoms with Crippen molar-refractivity contribution >= 4 is 0 Å². The Morgan fingerprint density at radius 3 is 3.00 bits per heavy atom. The summed E-state index contributed by atoms with van der Waals surface area (Å²) in [7, 11) is 1.64. The highest BCUT2D eigenvalue weighted by Crippen LogP contribution is 2.42. The molecule has 0 aliphatic carbocycles. The minimum Gasteiger partial charge on any atom is -0.496 e. The number of ether oxygens (including phenoxy) is 2. The van der Waals surface area contributed by atoms with Crippen LogP contribution in [0.1, 0.15) is 17.0 Å². The Balaban J connectivity index is 2.23. The van der Waals surface area contributed by atoms with Gasteiger partial charge in [-0.25, -0.2) is 0 Å². The Morgan fingerprint density at radius 2 is 2.32 bits per heavy atom. The second kappa shape index (κ2) is 4.55. The summed E-state index contributed by atoms with van der Waals surface area (Å²) in [6, 6.07) is 1.98. The van der Waals surface area contributed by atoms with Gasteiger partial charge < -0.3 is 19.7 Å². The van der Waals surface area contributed by atoms with Gasteiger partial charge >= 0.3 is 0 Å². The number of nitrogens with two attached hydrogens (primary N) is 1. The fourth-order valence-electron chi connectivity index (χ4n) is 2.39. The van der Waals surface area contributed by atoms with Crippen LogP contribution in [0.5, 0.6) is 11.5 Å². The third-order valence-electron chi connectivity index (χ3n) is 3.21. The van der Waals surface area contributed by atoms with Gasteiger partial charge in [-0.1, -0.05) is 5.16 Å². The molecule has 0 unspecified atom stereocenters. The molecule has 0 bridgehead atoms. The van der Waals surface area contributed by atoms with Gasteiger partial charge in [-0.3, -0.25) is 0 Å². The van der Waals surface area contributed by atoms with Crippen molar-refractivity contribution in [2.75, 3.05) is 13.7 Å². The maximum atomic E-state index is 5.61. The van der Waals surface area contributed by atoms with Crippen LogP contribution in [0.4, 0.5) is 0 Å². The summed E-state index contributed by atoms with van der Waals surface area (Å²) in [6.45, 7) is 2.85. The van der Waals surface area contributed by atoms with Crippen molar-refractivity contribution in [3.05, 3.63) is 23.1 Å². The molecule has 1 aromatic carbocycles. The van der Waals surface area contributed by atoms with E-state index in [0.717, 1.165) is 34.6 Å². The smallest absolute Gasteiger partial charge is 0.240 e. The van der Waals surface area contributed by atoms with Gasteiger partial charge in [0.25, 0.3) is 0 Å². The van der Waals surface area contributed by atoms with E-state index in [9.17, 15) is 0 Å². The molecule has 1 aliphatic rings. The first-order valence-electron chi connectivity index (χ1n) is 6.11. The van der Waals surface area contributed by atoms with Gasteiger partial charge in [0.2, 0.25) is 11.7 Å². The van der Waals surface area contributed by atoms with Gasteiger partial charge in [0.05, 0.1) is 25.8 Å². The van der Waals surface area contributed by atoms with Crippen LogP contribution in [0.25, 0.3) is 11.4 Å². The molecular weight excluding hydrogens is 246 g/mol. The molecule has 0 fully saturated rings. The van der Waals surface area contributed by atoms with Crippen molar-refractivity contribution < 1.29 is 14.0 Å².